The average Bonchev–Trinajstić information content (AvgIpc) is 2.82. The van der Waals surface area contributed by atoms with Crippen LogP contribution >= 0.6 is 0 Å². The van der Waals surface area contributed by atoms with E-state index in [4.69, 9.17) is 0 Å². The number of hydrogen-bond donors (Lipinski definition) is 0. The summed E-state index contributed by atoms with van der Waals surface area (Å²) in [6.45, 7) is 2.22. The highest BCUT2D eigenvalue weighted by atomic mass is 15.2. The van der Waals surface area contributed by atoms with E-state index in [9.17, 15) is 0 Å². The Morgan fingerprint density at radius 2 is 2.00 bits per heavy atom. The largest absolute Gasteiger partial charge is 0.318 e. The molecule has 0 amide bonds. The molecule has 1 aromatic heterocycles. The van der Waals surface area contributed by atoms with Crippen LogP contribution in [0.25, 0.3) is 16.6 Å². The molecule has 0 N–H and O–H groups in total. The molecule has 2 atom stereocenters. The van der Waals surface area contributed by atoms with Crippen LogP contribution in [0.1, 0.15) is 25.0 Å². The molecule has 2 aliphatic heterocycles. The lowest BCUT2D eigenvalue weighted by Crippen LogP contribution is -2.35. The molecule has 0 spiro atoms. The smallest absolute Gasteiger partial charge is 0.0527 e. The van der Waals surface area contributed by atoms with E-state index >= 15 is 0 Å². The number of fused-ring (bicyclic) bond motifs is 3. The van der Waals surface area contributed by atoms with Gasteiger partial charge in [-0.15, -0.1) is 0 Å². The lowest BCUT2D eigenvalue weighted by atomic mass is 10.1. The number of nitrogens with zero attached hydrogens (tertiary/aromatic N) is 2. The molecule has 2 unspecified atom stereocenters. The van der Waals surface area contributed by atoms with E-state index in [1.807, 2.05) is 0 Å². The molecule has 0 radical (unpaired) electrons. The third-order valence-electron chi connectivity index (χ3n) is 4.91. The molecule has 1 aromatic carbocycles. The summed E-state index contributed by atoms with van der Waals surface area (Å²) in [5.74, 6) is 0. The monoisotopic (exact) mass is 252 g/mol. The maximum Gasteiger partial charge on any atom is 0.0527 e. The predicted molar refractivity (Wildman–Crippen MR) is 80.1 cm³/mol. The first-order valence-corrected chi connectivity index (χ1v) is 7.24. The van der Waals surface area contributed by atoms with Crippen LogP contribution in [0.15, 0.2) is 36.4 Å². The predicted octanol–water partition coefficient (Wildman–Crippen LogP) is 3.66. The van der Waals surface area contributed by atoms with Gasteiger partial charge in [0.2, 0.25) is 0 Å². The summed E-state index contributed by atoms with van der Waals surface area (Å²) >= 11 is 0. The summed E-state index contributed by atoms with van der Waals surface area (Å²) in [5.41, 5.74) is 4.22. The van der Waals surface area contributed by atoms with Crippen LogP contribution in [-0.2, 0) is 0 Å². The highest BCUT2D eigenvalue weighted by molar-refractivity contribution is 5.85. The van der Waals surface area contributed by atoms with Gasteiger partial charge in [-0.2, -0.15) is 0 Å². The van der Waals surface area contributed by atoms with Crippen LogP contribution in [0.4, 0.5) is 0 Å². The molecular formula is C17H20N2. The molecule has 98 valence electrons. The molecule has 0 aliphatic carbocycles. The second-order valence-electron chi connectivity index (χ2n) is 6.01. The van der Waals surface area contributed by atoms with E-state index in [1.54, 1.807) is 0 Å². The first-order chi connectivity index (χ1) is 9.24. The van der Waals surface area contributed by atoms with Gasteiger partial charge < -0.3 is 4.57 Å². The van der Waals surface area contributed by atoms with Gasteiger partial charge in [0.15, 0.2) is 0 Å². The Morgan fingerprint density at radius 3 is 2.84 bits per heavy atom. The van der Waals surface area contributed by atoms with Gasteiger partial charge in [-0.25, -0.2) is 0 Å². The first kappa shape index (κ1) is 11.3. The average molecular weight is 252 g/mol. The highest BCUT2D eigenvalue weighted by Crippen LogP contribution is 2.37. The zero-order valence-electron chi connectivity index (χ0n) is 11.6. The van der Waals surface area contributed by atoms with Crippen molar-refractivity contribution in [2.75, 3.05) is 7.05 Å². The standard InChI is InChI=1S/C17H20N2/c1-12-9-13-5-3-4-6-17(13)19(12)16-10-14-7-8-15(11-16)18(14)2/h3-6,9-10,14-15H,7-8,11H2,1-2H3. The van der Waals surface area contributed by atoms with Gasteiger partial charge in [0.25, 0.3) is 0 Å². The van der Waals surface area contributed by atoms with Crippen LogP contribution < -0.4 is 0 Å². The third-order valence-corrected chi connectivity index (χ3v) is 4.91. The maximum atomic E-state index is 2.55. The third kappa shape index (κ3) is 1.59. The quantitative estimate of drug-likeness (QED) is 0.752. The zero-order valence-corrected chi connectivity index (χ0v) is 11.6. The molecular weight excluding hydrogens is 232 g/mol. The van der Waals surface area contributed by atoms with E-state index < -0.39 is 0 Å². The number of hydrogen-bond acceptors (Lipinski definition) is 1. The van der Waals surface area contributed by atoms with Gasteiger partial charge in [0, 0.05) is 35.3 Å². The highest BCUT2D eigenvalue weighted by Gasteiger charge is 2.34. The summed E-state index contributed by atoms with van der Waals surface area (Å²) in [5, 5.41) is 1.35. The molecule has 2 nitrogen and oxygen atoms in total. The molecule has 3 heterocycles. The topological polar surface area (TPSA) is 8.17 Å². The van der Waals surface area contributed by atoms with Crippen molar-refractivity contribution in [1.82, 2.24) is 9.47 Å². The summed E-state index contributed by atoms with van der Waals surface area (Å²) in [4.78, 5) is 2.55. The van der Waals surface area contributed by atoms with Gasteiger partial charge in [-0.1, -0.05) is 18.2 Å². The zero-order chi connectivity index (χ0) is 13.0. The van der Waals surface area contributed by atoms with Gasteiger partial charge in [0.1, 0.15) is 0 Å². The Morgan fingerprint density at radius 1 is 1.16 bits per heavy atom. The summed E-state index contributed by atoms with van der Waals surface area (Å²) in [6.07, 6.45) is 6.35. The van der Waals surface area contributed by atoms with E-state index in [0.717, 1.165) is 6.04 Å². The second kappa shape index (κ2) is 3.97. The number of likely N-dealkylation sites (N-methyl/N-ethyl adjacent to an activating group) is 1. The summed E-state index contributed by atoms with van der Waals surface area (Å²) in [6, 6.07) is 12.4. The van der Waals surface area contributed by atoms with Crippen molar-refractivity contribution in [3.05, 3.63) is 42.1 Å². The minimum atomic E-state index is 0.648. The number of aromatic nitrogens is 1. The van der Waals surface area contributed by atoms with Gasteiger partial charge >= 0.3 is 0 Å². The van der Waals surface area contributed by atoms with Crippen molar-refractivity contribution >= 4 is 16.6 Å². The van der Waals surface area contributed by atoms with Crippen molar-refractivity contribution in [2.24, 2.45) is 0 Å². The van der Waals surface area contributed by atoms with Crippen LogP contribution in [0.5, 0.6) is 0 Å². The lowest BCUT2D eigenvalue weighted by molar-refractivity contribution is 0.262. The minimum absolute atomic E-state index is 0.648. The fourth-order valence-electron chi connectivity index (χ4n) is 3.86. The van der Waals surface area contributed by atoms with Crippen molar-refractivity contribution in [1.29, 1.82) is 0 Å². The molecule has 0 saturated carbocycles. The lowest BCUT2D eigenvalue weighted by Gasteiger charge is -2.31. The van der Waals surface area contributed by atoms with E-state index in [1.165, 1.54) is 41.6 Å². The van der Waals surface area contributed by atoms with Gasteiger partial charge in [0.05, 0.1) is 5.52 Å². The fraction of sp³-hybridized carbons (Fsp3) is 0.412. The van der Waals surface area contributed by atoms with Crippen molar-refractivity contribution < 1.29 is 0 Å². The van der Waals surface area contributed by atoms with Crippen LogP contribution in [0.3, 0.4) is 0 Å². The fourth-order valence-corrected chi connectivity index (χ4v) is 3.86. The summed E-state index contributed by atoms with van der Waals surface area (Å²) < 4.78 is 2.47. The second-order valence-corrected chi connectivity index (χ2v) is 6.01. The van der Waals surface area contributed by atoms with Crippen molar-refractivity contribution in [3.63, 3.8) is 0 Å². The minimum Gasteiger partial charge on any atom is -0.318 e. The van der Waals surface area contributed by atoms with Crippen LogP contribution in [0, 0.1) is 6.92 Å². The Bertz CT molecular complexity index is 665. The number of para-hydroxylation sites is 1. The molecule has 2 heteroatoms. The van der Waals surface area contributed by atoms with E-state index in [0.29, 0.717) is 6.04 Å². The molecule has 2 aromatic rings. The number of rotatable bonds is 1. The van der Waals surface area contributed by atoms with Crippen LogP contribution in [-0.4, -0.2) is 28.6 Å². The SMILES string of the molecule is Cc1cc2ccccc2n1C1=CC2CCC(C1)N2C. The van der Waals surface area contributed by atoms with E-state index in [2.05, 4.69) is 59.8 Å². The molecule has 2 aliphatic rings. The molecule has 19 heavy (non-hydrogen) atoms. The number of aryl methyl sites for hydroxylation is 1. The Kier molecular flexibility index (Phi) is 2.36. The summed E-state index contributed by atoms with van der Waals surface area (Å²) in [7, 11) is 2.27. The Hall–Kier alpha value is -1.54. The first-order valence-electron chi connectivity index (χ1n) is 7.24. The maximum absolute atomic E-state index is 2.55. The molecule has 4 rings (SSSR count). The van der Waals surface area contributed by atoms with Crippen LogP contribution in [0.2, 0.25) is 0 Å². The molecule has 1 saturated heterocycles. The van der Waals surface area contributed by atoms with Crippen molar-refractivity contribution in [3.8, 4) is 0 Å². The molecule has 1 fully saturated rings. The number of benzene rings is 1. The van der Waals surface area contributed by atoms with Crippen molar-refractivity contribution in [2.45, 2.75) is 38.3 Å². The Balaban J connectivity index is 1.87. The molecule has 2 bridgehead atoms. The van der Waals surface area contributed by atoms with E-state index in [-0.39, 0.29) is 0 Å². The van der Waals surface area contributed by atoms with Gasteiger partial charge in [-0.05, 0) is 45.0 Å². The Labute approximate surface area is 114 Å². The normalized spacial score (nSPS) is 26.9. The van der Waals surface area contributed by atoms with Gasteiger partial charge in [-0.3, -0.25) is 4.90 Å².